The molecule has 0 amide bonds. The van der Waals surface area contributed by atoms with Gasteiger partial charge in [0.25, 0.3) is 0 Å². The lowest BCUT2D eigenvalue weighted by atomic mass is 9.83. The highest BCUT2D eigenvalue weighted by Gasteiger charge is 2.38. The molecule has 0 fully saturated rings. The molecular weight excluding hydrogens is 391 g/mol. The average molecular weight is 409 g/mol. The van der Waals surface area contributed by atoms with Gasteiger partial charge < -0.3 is 5.32 Å². The third-order valence-corrected chi connectivity index (χ3v) is 5.44. The normalized spacial score (nSPS) is 12.6. The fourth-order valence-corrected chi connectivity index (χ4v) is 3.87. The highest BCUT2D eigenvalue weighted by atomic mass is 19.2. The van der Waals surface area contributed by atoms with Crippen LogP contribution >= 0.6 is 0 Å². The van der Waals surface area contributed by atoms with Gasteiger partial charge in [-0.15, -0.1) is 0 Å². The predicted octanol–water partition coefficient (Wildman–Crippen LogP) is 5.75. The highest BCUT2D eigenvalue weighted by Crippen LogP contribution is 2.38. The Morgan fingerprint density at radius 3 is 1.67 bits per heavy atom. The summed E-state index contributed by atoms with van der Waals surface area (Å²) in [6, 6.07) is 11.2. The number of carbonyl (C=O) groups is 2. The topological polar surface area (TPSA) is 46.2 Å². The van der Waals surface area contributed by atoms with Gasteiger partial charge in [0.2, 0.25) is 0 Å². The first kappa shape index (κ1) is 19.9. The zero-order chi connectivity index (χ0) is 21.6. The first-order valence-electron chi connectivity index (χ1n) is 9.67. The van der Waals surface area contributed by atoms with Crippen molar-refractivity contribution in [1.29, 1.82) is 0 Å². The van der Waals surface area contributed by atoms with E-state index in [-0.39, 0.29) is 11.1 Å². The number of ketones is 2. The molecule has 0 atom stereocenters. The Bertz CT molecular complexity index is 1200. The molecule has 1 aliphatic carbocycles. The van der Waals surface area contributed by atoms with E-state index in [2.05, 4.69) is 5.32 Å². The number of hydrogen-bond donors (Lipinski definition) is 1. The summed E-state index contributed by atoms with van der Waals surface area (Å²) in [4.78, 5) is 25.6. The van der Waals surface area contributed by atoms with Gasteiger partial charge in [-0.3, -0.25) is 9.59 Å². The van der Waals surface area contributed by atoms with E-state index in [1.54, 1.807) is 12.1 Å². The summed E-state index contributed by atoms with van der Waals surface area (Å²) in [6.45, 7) is 3.78. The fraction of sp³-hybridized carbons (Fsp3) is 0.167. The molecule has 0 bridgehead atoms. The van der Waals surface area contributed by atoms with Crippen LogP contribution in [0.15, 0.2) is 42.5 Å². The maximum absolute atomic E-state index is 15.4. The standard InChI is InChI=1S/C24H18F3NO2/c1-3-12-8-7-9-13(4-2)21(12)28-22-19(26)17-16(18(25)20(22)27)23(29)14-10-5-6-11-15(14)24(17)30/h5-11,28H,3-4H2,1-2H3. The van der Waals surface area contributed by atoms with Crippen molar-refractivity contribution in [1.82, 2.24) is 0 Å². The summed E-state index contributed by atoms with van der Waals surface area (Å²) in [5.74, 6) is -6.09. The van der Waals surface area contributed by atoms with Gasteiger partial charge in [-0.1, -0.05) is 56.3 Å². The number of rotatable bonds is 4. The predicted molar refractivity (Wildman–Crippen MR) is 108 cm³/mol. The van der Waals surface area contributed by atoms with Crippen LogP contribution in [0.5, 0.6) is 0 Å². The SMILES string of the molecule is CCc1cccc(CC)c1Nc1c(F)c(F)c2c(c1F)C(=O)c1ccccc1C2=O. The number of fused-ring (bicyclic) bond motifs is 2. The molecule has 4 rings (SSSR count). The summed E-state index contributed by atoms with van der Waals surface area (Å²) in [6.07, 6.45) is 1.16. The van der Waals surface area contributed by atoms with Gasteiger partial charge >= 0.3 is 0 Å². The maximum Gasteiger partial charge on any atom is 0.197 e. The Labute approximate surface area is 171 Å². The lowest BCUT2D eigenvalue weighted by Crippen LogP contribution is -2.25. The molecule has 0 unspecified atom stereocenters. The Balaban J connectivity index is 1.95. The minimum atomic E-state index is -1.53. The first-order valence-corrected chi connectivity index (χ1v) is 9.67. The molecule has 3 nitrogen and oxygen atoms in total. The molecule has 0 saturated carbocycles. The monoisotopic (exact) mass is 409 g/mol. The van der Waals surface area contributed by atoms with Crippen molar-refractivity contribution in [2.75, 3.05) is 5.32 Å². The van der Waals surface area contributed by atoms with Crippen LogP contribution in [0, 0.1) is 17.5 Å². The van der Waals surface area contributed by atoms with Gasteiger partial charge in [0.1, 0.15) is 5.69 Å². The van der Waals surface area contributed by atoms with E-state index in [9.17, 15) is 18.4 Å². The molecular formula is C24H18F3NO2. The summed E-state index contributed by atoms with van der Waals surface area (Å²) in [5.41, 5.74) is -0.437. The Kier molecular flexibility index (Phi) is 4.94. The van der Waals surface area contributed by atoms with Crippen LogP contribution in [0.2, 0.25) is 0 Å². The Hall–Kier alpha value is -3.41. The van der Waals surface area contributed by atoms with Crippen LogP contribution in [0.4, 0.5) is 24.5 Å². The number of benzene rings is 3. The number of anilines is 2. The van der Waals surface area contributed by atoms with Gasteiger partial charge in [-0.2, -0.15) is 0 Å². The van der Waals surface area contributed by atoms with Crippen molar-refractivity contribution in [3.8, 4) is 0 Å². The Morgan fingerprint density at radius 1 is 0.667 bits per heavy atom. The molecule has 6 heteroatoms. The Morgan fingerprint density at radius 2 is 1.17 bits per heavy atom. The fourth-order valence-electron chi connectivity index (χ4n) is 3.87. The maximum atomic E-state index is 15.4. The molecule has 3 aromatic carbocycles. The smallest absolute Gasteiger partial charge is 0.197 e. The second kappa shape index (κ2) is 7.44. The van der Waals surface area contributed by atoms with Crippen LogP contribution in [-0.2, 0) is 12.8 Å². The number of hydrogen-bond acceptors (Lipinski definition) is 3. The second-order valence-corrected chi connectivity index (χ2v) is 7.05. The van der Waals surface area contributed by atoms with Crippen molar-refractivity contribution in [2.45, 2.75) is 26.7 Å². The van der Waals surface area contributed by atoms with Crippen molar-refractivity contribution in [3.05, 3.63) is 93.3 Å². The molecule has 3 aromatic rings. The molecule has 0 saturated heterocycles. The first-order chi connectivity index (χ1) is 14.4. The number of halogens is 3. The summed E-state index contributed by atoms with van der Waals surface area (Å²) >= 11 is 0. The lowest BCUT2D eigenvalue weighted by molar-refractivity contribution is 0.0971. The highest BCUT2D eigenvalue weighted by molar-refractivity contribution is 6.28. The van der Waals surface area contributed by atoms with Crippen molar-refractivity contribution in [2.24, 2.45) is 0 Å². The third-order valence-electron chi connectivity index (χ3n) is 5.44. The van der Waals surface area contributed by atoms with Crippen molar-refractivity contribution in [3.63, 3.8) is 0 Å². The second-order valence-electron chi connectivity index (χ2n) is 7.05. The quantitative estimate of drug-likeness (QED) is 0.437. The number of nitrogens with one attached hydrogen (secondary N) is 1. The van der Waals surface area contributed by atoms with Gasteiger partial charge in [-0.25, -0.2) is 13.2 Å². The molecule has 0 aromatic heterocycles. The largest absolute Gasteiger partial charge is 0.350 e. The molecule has 1 N–H and O–H groups in total. The van der Waals surface area contributed by atoms with Crippen LogP contribution in [0.3, 0.4) is 0 Å². The molecule has 0 spiro atoms. The molecule has 0 radical (unpaired) electrons. The lowest BCUT2D eigenvalue weighted by Gasteiger charge is -2.22. The third kappa shape index (κ3) is 2.83. The van der Waals surface area contributed by atoms with E-state index >= 15 is 4.39 Å². The molecule has 0 aliphatic heterocycles. The van der Waals surface area contributed by atoms with E-state index in [0.29, 0.717) is 18.5 Å². The van der Waals surface area contributed by atoms with Gasteiger partial charge in [0.05, 0.1) is 11.1 Å². The molecule has 30 heavy (non-hydrogen) atoms. The number of para-hydroxylation sites is 1. The number of carbonyl (C=O) groups excluding carboxylic acids is 2. The van der Waals surface area contributed by atoms with Crippen molar-refractivity contribution < 1.29 is 22.8 Å². The van der Waals surface area contributed by atoms with Crippen molar-refractivity contribution >= 4 is 22.9 Å². The van der Waals surface area contributed by atoms with Crippen LogP contribution in [0.25, 0.3) is 0 Å². The summed E-state index contributed by atoms with van der Waals surface area (Å²) < 4.78 is 45.3. The van der Waals surface area contributed by atoms with Gasteiger partial charge in [0.15, 0.2) is 29.0 Å². The van der Waals surface area contributed by atoms with Crippen LogP contribution < -0.4 is 5.32 Å². The number of aryl methyl sites for hydroxylation is 2. The van der Waals surface area contributed by atoms with Gasteiger partial charge in [0, 0.05) is 16.8 Å². The van der Waals surface area contributed by atoms with Gasteiger partial charge in [-0.05, 0) is 24.0 Å². The zero-order valence-electron chi connectivity index (χ0n) is 16.4. The summed E-state index contributed by atoms with van der Waals surface area (Å²) in [7, 11) is 0. The van der Waals surface area contributed by atoms with E-state index in [4.69, 9.17) is 0 Å². The molecule has 0 heterocycles. The average Bonchev–Trinajstić information content (AvgIpc) is 2.77. The van der Waals surface area contributed by atoms with E-state index in [1.165, 1.54) is 24.3 Å². The van der Waals surface area contributed by atoms with E-state index in [1.807, 2.05) is 19.9 Å². The zero-order valence-corrected chi connectivity index (χ0v) is 16.4. The van der Waals surface area contributed by atoms with E-state index < -0.39 is 45.8 Å². The minimum absolute atomic E-state index is 0.0333. The van der Waals surface area contributed by atoms with E-state index in [0.717, 1.165) is 11.1 Å². The summed E-state index contributed by atoms with van der Waals surface area (Å²) in [5, 5.41) is 2.68. The minimum Gasteiger partial charge on any atom is -0.350 e. The van der Waals surface area contributed by atoms with Crippen LogP contribution in [0.1, 0.15) is 56.8 Å². The molecule has 1 aliphatic rings. The van der Waals surface area contributed by atoms with Crippen LogP contribution in [-0.4, -0.2) is 11.6 Å². The molecule has 152 valence electrons.